The molecule has 5 heteroatoms. The molecule has 2 aliphatic rings. The van der Waals surface area contributed by atoms with Crippen LogP contribution in [0.15, 0.2) is 24.3 Å². The van der Waals surface area contributed by atoms with Crippen molar-refractivity contribution in [2.45, 2.75) is 25.3 Å². The van der Waals surface area contributed by atoms with Crippen LogP contribution in [0.25, 0.3) is 0 Å². The number of nitrogens with zero attached hydrogens (tertiary/aromatic N) is 2. The molecule has 0 aromatic heterocycles. The number of hydrogen-bond acceptors (Lipinski definition) is 3. The van der Waals surface area contributed by atoms with Crippen LogP contribution in [0.4, 0.5) is 5.69 Å². The normalized spacial score (nSPS) is 25.9. The van der Waals surface area contributed by atoms with Crippen molar-refractivity contribution in [2.24, 2.45) is 5.92 Å². The van der Waals surface area contributed by atoms with E-state index < -0.39 is 0 Å². The fraction of sp³-hybridized carbons (Fsp3) is 0.562. The number of piperidine rings is 2. The van der Waals surface area contributed by atoms with E-state index in [-0.39, 0.29) is 18.3 Å². The zero-order valence-corrected chi connectivity index (χ0v) is 13.3. The second kappa shape index (κ2) is 6.67. The third kappa shape index (κ3) is 3.33. The first-order valence-corrected chi connectivity index (χ1v) is 7.50. The Bertz CT molecular complexity index is 491. The van der Waals surface area contributed by atoms with E-state index >= 15 is 0 Å². The Morgan fingerprint density at radius 3 is 2.62 bits per heavy atom. The molecule has 3 rings (SSSR count). The second-order valence-electron chi connectivity index (χ2n) is 6.11. The van der Waals surface area contributed by atoms with Gasteiger partial charge in [-0.1, -0.05) is 0 Å². The molecule has 1 aromatic rings. The Balaban J connectivity index is 0.00000161. The summed E-state index contributed by atoms with van der Waals surface area (Å²) in [6.07, 6.45) is 3.60. The quantitative estimate of drug-likeness (QED) is 0.810. The number of halogens is 1. The molecule has 2 heterocycles. The highest BCUT2D eigenvalue weighted by Gasteiger charge is 2.35. The minimum atomic E-state index is 0. The van der Waals surface area contributed by atoms with E-state index in [9.17, 15) is 4.79 Å². The van der Waals surface area contributed by atoms with Gasteiger partial charge in [-0.05, 0) is 63.0 Å². The van der Waals surface area contributed by atoms with Crippen LogP contribution in [0.5, 0.6) is 0 Å². The van der Waals surface area contributed by atoms with E-state index in [0.717, 1.165) is 25.1 Å². The largest absolute Gasteiger partial charge is 0.399 e. The van der Waals surface area contributed by atoms with Crippen LogP contribution in [0.3, 0.4) is 0 Å². The zero-order valence-electron chi connectivity index (χ0n) is 12.5. The maximum absolute atomic E-state index is 12.5. The molecular formula is C16H24ClN3O. The van der Waals surface area contributed by atoms with Crippen LogP contribution in [0.1, 0.15) is 29.6 Å². The van der Waals surface area contributed by atoms with Crippen molar-refractivity contribution in [3.63, 3.8) is 0 Å². The van der Waals surface area contributed by atoms with Crippen molar-refractivity contribution in [3.8, 4) is 0 Å². The molecular weight excluding hydrogens is 286 g/mol. The summed E-state index contributed by atoms with van der Waals surface area (Å²) >= 11 is 0. The molecule has 0 radical (unpaired) electrons. The highest BCUT2D eigenvalue weighted by atomic mass is 35.5. The van der Waals surface area contributed by atoms with Crippen molar-refractivity contribution in [1.29, 1.82) is 0 Å². The Labute approximate surface area is 132 Å². The highest BCUT2D eigenvalue weighted by Crippen LogP contribution is 2.30. The lowest BCUT2D eigenvalue weighted by Crippen LogP contribution is -2.53. The van der Waals surface area contributed by atoms with E-state index in [1.54, 1.807) is 12.1 Å². The van der Waals surface area contributed by atoms with Gasteiger partial charge in [0.1, 0.15) is 0 Å². The summed E-state index contributed by atoms with van der Waals surface area (Å²) in [7, 11) is 2.22. The fourth-order valence-electron chi connectivity index (χ4n) is 3.65. The minimum absolute atomic E-state index is 0. The molecule has 21 heavy (non-hydrogen) atoms. The minimum Gasteiger partial charge on any atom is -0.399 e. The Morgan fingerprint density at radius 1 is 1.19 bits per heavy atom. The lowest BCUT2D eigenvalue weighted by Gasteiger charge is -2.46. The SMILES string of the molecule is CN1CCCC2CN(C(=O)c3ccc(N)cc3)CCC21.Cl. The van der Waals surface area contributed by atoms with Crippen molar-refractivity contribution in [1.82, 2.24) is 9.80 Å². The third-order valence-electron chi connectivity index (χ3n) is 4.79. The van der Waals surface area contributed by atoms with Crippen LogP contribution in [-0.2, 0) is 0 Å². The molecule has 0 bridgehead atoms. The number of anilines is 1. The third-order valence-corrected chi connectivity index (χ3v) is 4.79. The van der Waals surface area contributed by atoms with Crippen LogP contribution in [0.2, 0.25) is 0 Å². The number of nitrogen functional groups attached to an aromatic ring is 1. The van der Waals surface area contributed by atoms with E-state index in [0.29, 0.717) is 17.6 Å². The van der Waals surface area contributed by atoms with Crippen LogP contribution < -0.4 is 5.73 Å². The maximum Gasteiger partial charge on any atom is 0.253 e. The van der Waals surface area contributed by atoms with Gasteiger partial charge in [0.05, 0.1) is 0 Å². The van der Waals surface area contributed by atoms with Gasteiger partial charge in [0.25, 0.3) is 5.91 Å². The monoisotopic (exact) mass is 309 g/mol. The summed E-state index contributed by atoms with van der Waals surface area (Å²) in [4.78, 5) is 17.0. The van der Waals surface area contributed by atoms with E-state index in [4.69, 9.17) is 5.73 Å². The Hall–Kier alpha value is -1.26. The van der Waals surface area contributed by atoms with Gasteiger partial charge in [0.2, 0.25) is 0 Å². The first-order valence-electron chi connectivity index (χ1n) is 7.50. The molecule has 1 aromatic carbocycles. The summed E-state index contributed by atoms with van der Waals surface area (Å²) in [5, 5.41) is 0. The average molecular weight is 310 g/mol. The lowest BCUT2D eigenvalue weighted by atomic mass is 9.84. The van der Waals surface area contributed by atoms with Crippen LogP contribution >= 0.6 is 12.4 Å². The summed E-state index contributed by atoms with van der Waals surface area (Å²) in [6, 6.07) is 7.93. The number of benzene rings is 1. The van der Waals surface area contributed by atoms with Crippen LogP contribution in [-0.4, -0.2) is 48.4 Å². The molecule has 2 atom stereocenters. The molecule has 2 saturated heterocycles. The topological polar surface area (TPSA) is 49.6 Å². The van der Waals surface area contributed by atoms with Gasteiger partial charge < -0.3 is 15.5 Å². The molecule has 0 saturated carbocycles. The van der Waals surface area contributed by atoms with Crippen molar-refractivity contribution in [3.05, 3.63) is 29.8 Å². The van der Waals surface area contributed by atoms with Gasteiger partial charge in [0.15, 0.2) is 0 Å². The Morgan fingerprint density at radius 2 is 1.90 bits per heavy atom. The van der Waals surface area contributed by atoms with Crippen molar-refractivity contribution >= 4 is 24.0 Å². The predicted molar refractivity (Wildman–Crippen MR) is 87.8 cm³/mol. The van der Waals surface area contributed by atoms with Gasteiger partial charge in [0, 0.05) is 30.4 Å². The maximum atomic E-state index is 12.5. The van der Waals surface area contributed by atoms with Gasteiger partial charge in [-0.15, -0.1) is 12.4 Å². The van der Waals surface area contributed by atoms with Gasteiger partial charge in [-0.3, -0.25) is 4.79 Å². The number of hydrogen-bond donors (Lipinski definition) is 1. The summed E-state index contributed by atoms with van der Waals surface area (Å²) in [6.45, 7) is 2.97. The van der Waals surface area contributed by atoms with E-state index in [1.165, 1.54) is 19.4 Å². The van der Waals surface area contributed by atoms with Crippen LogP contribution in [0, 0.1) is 5.92 Å². The average Bonchev–Trinajstić information content (AvgIpc) is 2.47. The van der Waals surface area contributed by atoms with Gasteiger partial charge in [-0.2, -0.15) is 0 Å². The van der Waals surface area contributed by atoms with Gasteiger partial charge >= 0.3 is 0 Å². The van der Waals surface area contributed by atoms with E-state index in [2.05, 4.69) is 11.9 Å². The molecule has 4 nitrogen and oxygen atoms in total. The molecule has 116 valence electrons. The number of rotatable bonds is 1. The standard InChI is InChI=1S/C16H23N3O.ClH/c1-18-9-2-3-13-11-19(10-8-15(13)18)16(20)12-4-6-14(17)7-5-12;/h4-7,13,15H,2-3,8-11,17H2,1H3;1H. The second-order valence-corrected chi connectivity index (χ2v) is 6.11. The van der Waals surface area contributed by atoms with Gasteiger partial charge in [-0.25, -0.2) is 0 Å². The molecule has 1 amide bonds. The molecule has 0 aliphatic carbocycles. The number of likely N-dealkylation sites (tertiary alicyclic amines) is 2. The number of carbonyl (C=O) groups excluding carboxylic acids is 1. The highest BCUT2D eigenvalue weighted by molar-refractivity contribution is 5.94. The molecule has 2 N–H and O–H groups in total. The first-order chi connectivity index (χ1) is 9.65. The summed E-state index contributed by atoms with van der Waals surface area (Å²) in [5.74, 6) is 0.789. The first kappa shape index (κ1) is 16.1. The van der Waals surface area contributed by atoms with E-state index in [1.807, 2.05) is 17.0 Å². The fourth-order valence-corrected chi connectivity index (χ4v) is 3.65. The number of amides is 1. The lowest BCUT2D eigenvalue weighted by molar-refractivity contribution is 0.0317. The smallest absolute Gasteiger partial charge is 0.253 e. The molecule has 2 fully saturated rings. The number of fused-ring (bicyclic) bond motifs is 1. The van der Waals surface area contributed by atoms with Crippen molar-refractivity contribution < 1.29 is 4.79 Å². The summed E-state index contributed by atoms with van der Waals surface area (Å²) < 4.78 is 0. The molecule has 0 spiro atoms. The Kier molecular flexibility index (Phi) is 5.12. The summed E-state index contributed by atoms with van der Waals surface area (Å²) in [5.41, 5.74) is 7.13. The zero-order chi connectivity index (χ0) is 14.1. The van der Waals surface area contributed by atoms with Crippen molar-refractivity contribution in [2.75, 3.05) is 32.4 Å². The number of nitrogens with two attached hydrogens (primary N) is 1. The number of carbonyl (C=O) groups is 1. The molecule has 2 aliphatic heterocycles. The molecule has 2 unspecified atom stereocenters. The predicted octanol–water partition coefficient (Wildman–Crippen LogP) is 2.25.